The van der Waals surface area contributed by atoms with Crippen LogP contribution in [0.15, 0.2) is 24.7 Å². The Morgan fingerprint density at radius 1 is 1.09 bits per heavy atom. The number of hydrogen-bond donors (Lipinski definition) is 1. The van der Waals surface area contributed by atoms with E-state index >= 15 is 4.39 Å². The summed E-state index contributed by atoms with van der Waals surface area (Å²) in [4.78, 5) is 19.2. The molecule has 2 aromatic heterocycles. The molecule has 1 saturated heterocycles. The van der Waals surface area contributed by atoms with Crippen molar-refractivity contribution in [2.24, 2.45) is 0 Å². The van der Waals surface area contributed by atoms with Gasteiger partial charge in [0.15, 0.2) is 21.5 Å². The quantitative estimate of drug-likeness (QED) is 0.567. The highest BCUT2D eigenvalue weighted by Gasteiger charge is 2.21. The van der Waals surface area contributed by atoms with Gasteiger partial charge in [-0.15, -0.1) is 0 Å². The fourth-order valence-electron chi connectivity index (χ4n) is 3.74. The van der Waals surface area contributed by atoms with Crippen LogP contribution in [0, 0.1) is 11.6 Å². The second kappa shape index (κ2) is 9.27. The lowest BCUT2D eigenvalue weighted by Gasteiger charge is -2.26. The summed E-state index contributed by atoms with van der Waals surface area (Å²) in [5.41, 5.74) is 0.160. The van der Waals surface area contributed by atoms with Gasteiger partial charge in [-0.1, -0.05) is 13.0 Å². The van der Waals surface area contributed by atoms with Gasteiger partial charge >= 0.3 is 0 Å². The van der Waals surface area contributed by atoms with Gasteiger partial charge in [0.2, 0.25) is 5.95 Å². The Morgan fingerprint density at radius 2 is 1.88 bits per heavy atom. The van der Waals surface area contributed by atoms with Gasteiger partial charge in [0.25, 0.3) is 0 Å². The van der Waals surface area contributed by atoms with Crippen molar-refractivity contribution >= 4 is 38.3 Å². The highest BCUT2D eigenvalue weighted by Crippen LogP contribution is 2.29. The molecule has 3 heterocycles. The van der Waals surface area contributed by atoms with E-state index in [1.54, 1.807) is 13.1 Å². The molecule has 1 aliphatic heterocycles. The third-order valence-electron chi connectivity index (χ3n) is 5.31. The molecule has 0 atom stereocenters. The van der Waals surface area contributed by atoms with Crippen molar-refractivity contribution in [3.8, 4) is 0 Å². The maximum Gasteiger partial charge on any atom is 0.226 e. The fourth-order valence-corrected chi connectivity index (χ4v) is 5.21. The topological polar surface area (TPSA) is 101 Å². The minimum atomic E-state index is -3.50. The number of benzene rings is 1. The van der Waals surface area contributed by atoms with E-state index in [0.717, 1.165) is 44.5 Å². The molecule has 32 heavy (non-hydrogen) atoms. The zero-order chi connectivity index (χ0) is 22.7. The monoisotopic (exact) mass is 462 g/mol. The summed E-state index contributed by atoms with van der Waals surface area (Å²) < 4.78 is 53.9. The summed E-state index contributed by atoms with van der Waals surface area (Å²) in [5, 5.41) is 2.67. The number of piperidine rings is 1. The third kappa shape index (κ3) is 4.77. The lowest BCUT2D eigenvalue weighted by atomic mass is 10.1. The van der Waals surface area contributed by atoms with Crippen LogP contribution in [0.25, 0.3) is 11.0 Å². The maximum atomic E-state index is 15.1. The van der Waals surface area contributed by atoms with Gasteiger partial charge in [0.1, 0.15) is 28.9 Å². The first-order valence-corrected chi connectivity index (χ1v) is 12.4. The van der Waals surface area contributed by atoms with Crippen molar-refractivity contribution < 1.29 is 17.2 Å². The number of rotatable bonds is 7. The minimum Gasteiger partial charge on any atom is -0.341 e. The Bertz CT molecular complexity index is 1230. The summed E-state index contributed by atoms with van der Waals surface area (Å²) in [5.74, 6) is -1.79. The molecular weight excluding hydrogens is 438 g/mol. The molecule has 11 heteroatoms. The number of hydrogen-bond acceptors (Lipinski definition) is 8. The van der Waals surface area contributed by atoms with Gasteiger partial charge in [-0.3, -0.25) is 0 Å². The van der Waals surface area contributed by atoms with E-state index in [1.165, 1.54) is 6.33 Å². The van der Waals surface area contributed by atoms with Gasteiger partial charge in [-0.2, -0.15) is 0 Å². The van der Waals surface area contributed by atoms with E-state index in [4.69, 9.17) is 0 Å². The first-order chi connectivity index (χ1) is 15.4. The molecule has 0 bridgehead atoms. The largest absolute Gasteiger partial charge is 0.341 e. The Morgan fingerprint density at radius 3 is 2.62 bits per heavy atom. The SMILES string of the molecule is CCCS(=O)(=O)Cc1ccc(F)c(Nc2ncnc3cnc(N4CCCCC4)nc23)c1F. The van der Waals surface area contributed by atoms with Crippen molar-refractivity contribution in [2.45, 2.75) is 38.4 Å². The molecule has 1 aromatic carbocycles. The summed E-state index contributed by atoms with van der Waals surface area (Å²) >= 11 is 0. The molecule has 0 aliphatic carbocycles. The summed E-state index contributed by atoms with van der Waals surface area (Å²) in [7, 11) is -3.50. The first kappa shape index (κ1) is 22.3. The van der Waals surface area contributed by atoms with Crippen LogP contribution in [0.2, 0.25) is 0 Å². The molecule has 0 radical (unpaired) electrons. The van der Waals surface area contributed by atoms with Gasteiger partial charge in [-0.05, 0) is 31.7 Å². The van der Waals surface area contributed by atoms with Gasteiger partial charge in [0, 0.05) is 18.7 Å². The number of sulfone groups is 1. The van der Waals surface area contributed by atoms with Crippen LogP contribution in [-0.4, -0.2) is 47.2 Å². The van der Waals surface area contributed by atoms with Crippen LogP contribution in [0.4, 0.5) is 26.2 Å². The molecule has 8 nitrogen and oxygen atoms in total. The van der Waals surface area contributed by atoms with E-state index in [9.17, 15) is 12.8 Å². The van der Waals surface area contributed by atoms with Gasteiger partial charge < -0.3 is 10.2 Å². The molecule has 1 fully saturated rings. The maximum absolute atomic E-state index is 15.1. The Kier molecular flexibility index (Phi) is 6.45. The Labute approximate surface area is 185 Å². The highest BCUT2D eigenvalue weighted by atomic mass is 32.2. The number of fused-ring (bicyclic) bond motifs is 1. The van der Waals surface area contributed by atoms with E-state index < -0.39 is 32.9 Å². The molecular formula is C21H24F2N6O2S. The molecule has 1 N–H and O–H groups in total. The molecule has 3 aromatic rings. The van der Waals surface area contributed by atoms with E-state index in [1.807, 2.05) is 0 Å². The van der Waals surface area contributed by atoms with Crippen molar-refractivity contribution in [1.29, 1.82) is 0 Å². The van der Waals surface area contributed by atoms with Crippen molar-refractivity contribution in [2.75, 3.05) is 29.1 Å². The van der Waals surface area contributed by atoms with Gasteiger partial charge in [-0.25, -0.2) is 37.1 Å². The van der Waals surface area contributed by atoms with Crippen LogP contribution >= 0.6 is 0 Å². The number of nitrogens with one attached hydrogen (secondary N) is 1. The smallest absolute Gasteiger partial charge is 0.226 e. The van der Waals surface area contributed by atoms with Crippen molar-refractivity contribution in [3.05, 3.63) is 41.9 Å². The second-order valence-electron chi connectivity index (χ2n) is 7.79. The predicted molar refractivity (Wildman–Crippen MR) is 119 cm³/mol. The molecule has 0 amide bonds. The van der Waals surface area contributed by atoms with Crippen LogP contribution in [0.5, 0.6) is 0 Å². The van der Waals surface area contributed by atoms with Gasteiger partial charge in [0.05, 0.1) is 17.7 Å². The predicted octanol–water partition coefficient (Wildman–Crippen LogP) is 3.76. The zero-order valence-corrected chi connectivity index (χ0v) is 18.5. The first-order valence-electron chi connectivity index (χ1n) is 10.5. The molecule has 1 aliphatic rings. The van der Waals surface area contributed by atoms with E-state index in [2.05, 4.69) is 30.2 Å². The Balaban J connectivity index is 1.70. The summed E-state index contributed by atoms with van der Waals surface area (Å²) in [6, 6.07) is 2.19. The highest BCUT2D eigenvalue weighted by molar-refractivity contribution is 7.90. The molecule has 170 valence electrons. The van der Waals surface area contributed by atoms with Crippen LogP contribution in [0.3, 0.4) is 0 Å². The minimum absolute atomic E-state index is 0.0701. The van der Waals surface area contributed by atoms with E-state index in [-0.39, 0.29) is 17.1 Å². The molecule has 0 unspecified atom stereocenters. The second-order valence-corrected chi connectivity index (χ2v) is 9.97. The van der Waals surface area contributed by atoms with E-state index in [0.29, 0.717) is 23.4 Å². The summed E-state index contributed by atoms with van der Waals surface area (Å²) in [6.45, 7) is 3.39. The molecule has 0 spiro atoms. The Hall–Kier alpha value is -2.95. The number of nitrogens with zero attached hydrogens (tertiary/aromatic N) is 5. The zero-order valence-electron chi connectivity index (χ0n) is 17.7. The average Bonchev–Trinajstić information content (AvgIpc) is 2.79. The number of aromatic nitrogens is 4. The molecule has 0 saturated carbocycles. The number of halogens is 2. The fraction of sp³-hybridized carbons (Fsp3) is 0.429. The molecule has 4 rings (SSSR count). The lowest BCUT2D eigenvalue weighted by molar-refractivity contribution is 0.569. The summed E-state index contributed by atoms with van der Waals surface area (Å²) in [6.07, 6.45) is 6.47. The van der Waals surface area contributed by atoms with Crippen LogP contribution < -0.4 is 10.2 Å². The van der Waals surface area contributed by atoms with Crippen molar-refractivity contribution in [1.82, 2.24) is 19.9 Å². The average molecular weight is 463 g/mol. The third-order valence-corrected chi connectivity index (χ3v) is 7.09. The van der Waals surface area contributed by atoms with Crippen LogP contribution in [0.1, 0.15) is 38.2 Å². The number of anilines is 3. The standard InChI is InChI=1S/C21H24F2N6O2S/c1-2-10-32(30,31)12-14-6-7-15(22)18(17(14)23)27-20-19-16(25-13-26-20)11-24-21(28-19)29-8-4-3-5-9-29/h6-7,11,13H,2-5,8-10,12H2,1H3,(H,25,26,27). The van der Waals surface area contributed by atoms with Crippen molar-refractivity contribution in [3.63, 3.8) is 0 Å². The van der Waals surface area contributed by atoms with Crippen LogP contribution in [-0.2, 0) is 15.6 Å². The normalized spacial score (nSPS) is 14.7. The lowest BCUT2D eigenvalue weighted by Crippen LogP contribution is -2.31.